The van der Waals surface area contributed by atoms with Crippen LogP contribution in [0.3, 0.4) is 0 Å². The van der Waals surface area contributed by atoms with Gasteiger partial charge in [0.1, 0.15) is 0 Å². The van der Waals surface area contributed by atoms with Gasteiger partial charge in [0.25, 0.3) is 5.91 Å². The van der Waals surface area contributed by atoms with Crippen LogP contribution in [0.15, 0.2) is 24.3 Å². The highest BCUT2D eigenvalue weighted by Crippen LogP contribution is 2.24. The molecule has 1 aromatic rings. The lowest BCUT2D eigenvalue weighted by Crippen LogP contribution is -2.41. The summed E-state index contributed by atoms with van der Waals surface area (Å²) in [4.78, 5) is 16.8. The molecule has 5 heteroatoms. The van der Waals surface area contributed by atoms with Crippen LogP contribution in [0, 0.1) is 0 Å². The van der Waals surface area contributed by atoms with Crippen molar-refractivity contribution in [2.75, 3.05) is 33.7 Å². The van der Waals surface area contributed by atoms with Gasteiger partial charge in [0.2, 0.25) is 0 Å². The maximum atomic E-state index is 12.9. The molecule has 1 atom stereocenters. The van der Waals surface area contributed by atoms with Gasteiger partial charge in [-0.1, -0.05) is 12.1 Å². The van der Waals surface area contributed by atoms with Crippen LogP contribution in [0.25, 0.3) is 0 Å². The van der Waals surface area contributed by atoms with Crippen LogP contribution in [0.1, 0.15) is 55.5 Å². The van der Waals surface area contributed by atoms with Gasteiger partial charge in [0.15, 0.2) is 0 Å². The Balaban J connectivity index is 2.02. The number of likely N-dealkylation sites (tertiary alicyclic amines) is 1. The van der Waals surface area contributed by atoms with Crippen LogP contribution in [-0.4, -0.2) is 70.9 Å². The Morgan fingerprint density at radius 2 is 2.00 bits per heavy atom. The van der Waals surface area contributed by atoms with Crippen molar-refractivity contribution in [3.05, 3.63) is 35.4 Å². The second kappa shape index (κ2) is 8.51. The first-order valence-corrected chi connectivity index (χ1v) is 9.56. The summed E-state index contributed by atoms with van der Waals surface area (Å²) < 4.78 is 0. The predicted molar refractivity (Wildman–Crippen MR) is 104 cm³/mol. The highest BCUT2D eigenvalue weighted by Gasteiger charge is 2.32. The highest BCUT2D eigenvalue weighted by molar-refractivity contribution is 5.94. The zero-order chi connectivity index (χ0) is 19.4. The Kier molecular flexibility index (Phi) is 6.83. The fourth-order valence-electron chi connectivity index (χ4n) is 3.62. The maximum Gasteiger partial charge on any atom is 0.253 e. The van der Waals surface area contributed by atoms with E-state index in [1.165, 1.54) is 0 Å². The van der Waals surface area contributed by atoms with Gasteiger partial charge in [0, 0.05) is 25.2 Å². The average Bonchev–Trinajstić information content (AvgIpc) is 2.73. The third-order valence-electron chi connectivity index (χ3n) is 5.01. The van der Waals surface area contributed by atoms with Crippen molar-refractivity contribution >= 4 is 5.91 Å². The number of benzene rings is 1. The number of carbonyl (C=O) groups excluding carboxylic acids is 1. The summed E-state index contributed by atoms with van der Waals surface area (Å²) in [6, 6.07) is 7.70. The van der Waals surface area contributed by atoms with Crippen LogP contribution in [0.2, 0.25) is 0 Å². The van der Waals surface area contributed by atoms with E-state index < -0.39 is 11.2 Å². The van der Waals surface area contributed by atoms with E-state index in [0.29, 0.717) is 38.0 Å². The lowest BCUT2D eigenvalue weighted by Gasteiger charge is -2.30. The Hall–Kier alpha value is -1.43. The standard InChI is InChI=1S/C21H34N2O3/c1-20(2,25)11-9-17-7-5-8-18(15-17)19(24)23-13-6-10-21(26,12-14-23)16-22(3)4/h5,7-8,15,25-26H,6,9-14,16H2,1-4H3. The zero-order valence-electron chi connectivity index (χ0n) is 16.7. The van der Waals surface area contributed by atoms with Crippen molar-refractivity contribution in [3.8, 4) is 0 Å². The van der Waals surface area contributed by atoms with Crippen LogP contribution in [0.5, 0.6) is 0 Å². The molecule has 5 nitrogen and oxygen atoms in total. The van der Waals surface area contributed by atoms with Crippen LogP contribution < -0.4 is 0 Å². The lowest BCUT2D eigenvalue weighted by molar-refractivity contribution is 0.00304. The number of aliphatic hydroxyl groups is 2. The Bertz CT molecular complexity index is 610. The maximum absolute atomic E-state index is 12.9. The van der Waals surface area contributed by atoms with Gasteiger partial charge in [-0.3, -0.25) is 4.79 Å². The molecular weight excluding hydrogens is 328 g/mol. The quantitative estimate of drug-likeness (QED) is 0.815. The first-order chi connectivity index (χ1) is 12.1. The average molecular weight is 363 g/mol. The third-order valence-corrected chi connectivity index (χ3v) is 5.01. The topological polar surface area (TPSA) is 64.0 Å². The molecule has 1 saturated heterocycles. The van der Waals surface area contributed by atoms with Gasteiger partial charge in [-0.05, 0) is 77.7 Å². The summed E-state index contributed by atoms with van der Waals surface area (Å²) >= 11 is 0. The highest BCUT2D eigenvalue weighted by atomic mass is 16.3. The van der Waals surface area contributed by atoms with Crippen molar-refractivity contribution in [1.29, 1.82) is 0 Å². The molecule has 1 amide bonds. The van der Waals surface area contributed by atoms with Crippen LogP contribution in [0.4, 0.5) is 0 Å². The first kappa shape index (κ1) is 20.9. The van der Waals surface area contributed by atoms with Gasteiger partial charge in [-0.25, -0.2) is 0 Å². The van der Waals surface area contributed by atoms with E-state index in [1.54, 1.807) is 13.8 Å². The summed E-state index contributed by atoms with van der Waals surface area (Å²) in [5.74, 6) is 0.0317. The van der Waals surface area contributed by atoms with Crippen molar-refractivity contribution in [2.24, 2.45) is 0 Å². The molecule has 0 bridgehead atoms. The minimum Gasteiger partial charge on any atom is -0.390 e. The van der Waals surface area contributed by atoms with Crippen LogP contribution in [-0.2, 0) is 6.42 Å². The Morgan fingerprint density at radius 1 is 1.27 bits per heavy atom. The van der Waals surface area contributed by atoms with Crippen molar-refractivity contribution in [3.63, 3.8) is 0 Å². The van der Waals surface area contributed by atoms with E-state index in [-0.39, 0.29) is 5.91 Å². The zero-order valence-corrected chi connectivity index (χ0v) is 16.7. The minimum absolute atomic E-state index is 0.0317. The van der Waals surface area contributed by atoms with Gasteiger partial charge < -0.3 is 20.0 Å². The summed E-state index contributed by atoms with van der Waals surface area (Å²) in [5, 5.41) is 20.7. The fourth-order valence-corrected chi connectivity index (χ4v) is 3.62. The second-order valence-electron chi connectivity index (χ2n) is 8.62. The molecule has 1 fully saturated rings. The number of hydrogen-bond acceptors (Lipinski definition) is 4. The fraction of sp³-hybridized carbons (Fsp3) is 0.667. The van der Waals surface area contributed by atoms with Gasteiger partial charge in [-0.15, -0.1) is 0 Å². The molecule has 0 radical (unpaired) electrons. The lowest BCUT2D eigenvalue weighted by atomic mass is 9.94. The number of amides is 1. The number of hydrogen-bond donors (Lipinski definition) is 2. The van der Waals surface area contributed by atoms with Crippen molar-refractivity contribution in [1.82, 2.24) is 9.80 Å². The monoisotopic (exact) mass is 362 g/mol. The van der Waals surface area contributed by atoms with Crippen molar-refractivity contribution in [2.45, 2.75) is 57.2 Å². The number of aryl methyl sites for hydroxylation is 1. The first-order valence-electron chi connectivity index (χ1n) is 9.56. The largest absolute Gasteiger partial charge is 0.390 e. The van der Waals surface area contributed by atoms with E-state index >= 15 is 0 Å². The molecule has 1 unspecified atom stereocenters. The van der Waals surface area contributed by atoms with E-state index in [9.17, 15) is 15.0 Å². The van der Waals surface area contributed by atoms with Gasteiger partial charge in [0.05, 0.1) is 11.2 Å². The molecule has 0 aliphatic carbocycles. The minimum atomic E-state index is -0.715. The summed E-state index contributed by atoms with van der Waals surface area (Å²) in [6.07, 6.45) is 3.55. The summed E-state index contributed by atoms with van der Waals surface area (Å²) in [7, 11) is 3.93. The molecule has 0 aromatic heterocycles. The molecule has 2 rings (SSSR count). The molecule has 1 aliphatic heterocycles. The Labute approximate surface area is 157 Å². The SMILES string of the molecule is CN(C)CC1(O)CCCN(C(=O)c2cccc(CCC(C)(C)O)c2)CC1. The number of likely N-dealkylation sites (N-methyl/N-ethyl adjacent to an activating group) is 1. The molecule has 2 N–H and O–H groups in total. The molecule has 1 aliphatic rings. The van der Waals surface area contributed by atoms with E-state index in [1.807, 2.05) is 48.2 Å². The molecule has 26 heavy (non-hydrogen) atoms. The second-order valence-corrected chi connectivity index (χ2v) is 8.62. The third kappa shape index (κ3) is 6.38. The molecule has 0 saturated carbocycles. The predicted octanol–water partition coefficient (Wildman–Crippen LogP) is 2.31. The van der Waals surface area contributed by atoms with E-state index in [2.05, 4.69) is 0 Å². The number of nitrogens with zero attached hydrogens (tertiary/aromatic N) is 2. The van der Waals surface area contributed by atoms with Gasteiger partial charge >= 0.3 is 0 Å². The smallest absolute Gasteiger partial charge is 0.253 e. The van der Waals surface area contributed by atoms with Crippen LogP contribution >= 0.6 is 0 Å². The van der Waals surface area contributed by atoms with E-state index in [0.717, 1.165) is 24.8 Å². The molecule has 0 spiro atoms. The van der Waals surface area contributed by atoms with Crippen molar-refractivity contribution < 1.29 is 15.0 Å². The Morgan fingerprint density at radius 3 is 2.65 bits per heavy atom. The summed E-state index contributed by atoms with van der Waals surface area (Å²) in [5.41, 5.74) is 0.336. The normalized spacial score (nSPS) is 21.7. The number of carbonyl (C=O) groups is 1. The molecule has 146 valence electrons. The summed E-state index contributed by atoms with van der Waals surface area (Å²) in [6.45, 7) is 5.49. The van der Waals surface area contributed by atoms with Gasteiger partial charge in [-0.2, -0.15) is 0 Å². The molecular formula is C21H34N2O3. The molecule has 1 heterocycles. The van der Waals surface area contributed by atoms with E-state index in [4.69, 9.17) is 0 Å². The number of rotatable bonds is 6. The molecule has 1 aromatic carbocycles.